The van der Waals surface area contributed by atoms with Gasteiger partial charge in [0.15, 0.2) is 0 Å². The second-order valence-electron chi connectivity index (χ2n) is 2.84. The highest BCUT2D eigenvalue weighted by Crippen LogP contribution is 1.96. The lowest BCUT2D eigenvalue weighted by molar-refractivity contribution is -0.159. The maximum absolute atomic E-state index is 9.10. The van der Waals surface area contributed by atoms with E-state index in [1.54, 1.807) is 0 Å². The fourth-order valence-electron chi connectivity index (χ4n) is 0.560. The molecule has 2 N–H and O–H groups in total. The second kappa shape index (κ2) is 8.88. The number of rotatable bonds is 2. The van der Waals surface area contributed by atoms with Crippen molar-refractivity contribution in [1.29, 1.82) is 0 Å². The molecule has 5 nitrogen and oxygen atoms in total. The monoisotopic (exact) mass is 215 g/mol. The summed E-state index contributed by atoms with van der Waals surface area (Å²) in [4.78, 5) is 20.2. The number of carboxylic acids is 2. The molecule has 86 valence electrons. The number of aliphatic carboxylic acids is 2. The van der Waals surface area contributed by atoms with Gasteiger partial charge in [0.05, 0.1) is 0 Å². The summed E-state index contributed by atoms with van der Waals surface area (Å²) in [6.07, 6.45) is 1.16. The molecule has 0 spiro atoms. The molecule has 15 heavy (non-hydrogen) atoms. The summed E-state index contributed by atoms with van der Waals surface area (Å²) in [5, 5.41) is 14.8. The third-order valence-electron chi connectivity index (χ3n) is 1.72. The standard InChI is InChI=1S/C8H15N.C2H2O4/c1-5-7-9(4)8(3)6-2;3-1(4)2(5)6/h8H,6H2,1-4H3;(H,3,4)(H,5,6). The molecule has 5 heteroatoms. The largest absolute Gasteiger partial charge is 0.473 e. The molecule has 0 saturated heterocycles. The molecule has 0 rings (SSSR count). The van der Waals surface area contributed by atoms with E-state index in [1.165, 1.54) is 0 Å². The first-order valence-corrected chi connectivity index (χ1v) is 4.48. The first-order valence-electron chi connectivity index (χ1n) is 4.48. The zero-order valence-electron chi connectivity index (χ0n) is 9.44. The molecule has 0 aliphatic rings. The van der Waals surface area contributed by atoms with Crippen LogP contribution >= 0.6 is 0 Å². The summed E-state index contributed by atoms with van der Waals surface area (Å²) in [6, 6.07) is 3.56. The molecular weight excluding hydrogens is 198 g/mol. The molecule has 0 aromatic heterocycles. The summed E-state index contributed by atoms with van der Waals surface area (Å²) in [7, 11) is 2.02. The Bertz CT molecular complexity index is 252. The van der Waals surface area contributed by atoms with Crippen LogP contribution < -0.4 is 0 Å². The summed E-state index contributed by atoms with van der Waals surface area (Å²) < 4.78 is 0. The van der Waals surface area contributed by atoms with E-state index in [9.17, 15) is 0 Å². The van der Waals surface area contributed by atoms with Crippen molar-refractivity contribution < 1.29 is 19.8 Å². The van der Waals surface area contributed by atoms with Gasteiger partial charge < -0.3 is 15.1 Å². The molecule has 1 unspecified atom stereocenters. The van der Waals surface area contributed by atoms with Crippen LogP contribution in [0.25, 0.3) is 0 Å². The third kappa shape index (κ3) is 10.2. The van der Waals surface area contributed by atoms with E-state index in [-0.39, 0.29) is 0 Å². The van der Waals surface area contributed by atoms with Gasteiger partial charge in [0, 0.05) is 19.1 Å². The number of carboxylic acid groups (broad SMARTS) is 2. The van der Waals surface area contributed by atoms with Gasteiger partial charge in [0.25, 0.3) is 0 Å². The predicted octanol–water partition coefficient (Wildman–Crippen LogP) is 0.853. The molecule has 0 fully saturated rings. The van der Waals surface area contributed by atoms with Gasteiger partial charge >= 0.3 is 11.9 Å². The van der Waals surface area contributed by atoms with Gasteiger partial charge in [0.2, 0.25) is 0 Å². The van der Waals surface area contributed by atoms with Gasteiger partial charge in [-0.15, -0.1) is 0 Å². The van der Waals surface area contributed by atoms with Crippen molar-refractivity contribution in [3.63, 3.8) is 0 Å². The van der Waals surface area contributed by atoms with Crippen LogP contribution in [-0.2, 0) is 9.59 Å². The van der Waals surface area contributed by atoms with Crippen LogP contribution in [0.1, 0.15) is 27.2 Å². The van der Waals surface area contributed by atoms with Crippen molar-refractivity contribution in [3.8, 4) is 12.0 Å². The van der Waals surface area contributed by atoms with Crippen LogP contribution in [0.2, 0.25) is 0 Å². The average Bonchev–Trinajstić information content (AvgIpc) is 2.17. The lowest BCUT2D eigenvalue weighted by Crippen LogP contribution is -2.22. The molecule has 0 radical (unpaired) electrons. The predicted molar refractivity (Wildman–Crippen MR) is 56.2 cm³/mol. The highest BCUT2D eigenvalue weighted by atomic mass is 16.4. The molecule has 0 saturated carbocycles. The number of hydrogen-bond donors (Lipinski definition) is 2. The molecule has 0 aliphatic heterocycles. The van der Waals surface area contributed by atoms with Gasteiger partial charge in [-0.05, 0) is 20.3 Å². The second-order valence-corrected chi connectivity index (χ2v) is 2.84. The Balaban J connectivity index is 0. The first-order chi connectivity index (χ1) is 6.86. The topological polar surface area (TPSA) is 77.8 Å². The van der Waals surface area contributed by atoms with Gasteiger partial charge in [-0.2, -0.15) is 0 Å². The molecule has 0 aromatic carbocycles. The summed E-state index contributed by atoms with van der Waals surface area (Å²) >= 11 is 0. The zero-order valence-corrected chi connectivity index (χ0v) is 9.44. The lowest BCUT2D eigenvalue weighted by atomic mass is 10.2. The van der Waals surface area contributed by atoms with E-state index in [0.29, 0.717) is 6.04 Å². The van der Waals surface area contributed by atoms with Crippen molar-refractivity contribution in [2.24, 2.45) is 0 Å². The number of nitrogens with zero attached hydrogens (tertiary/aromatic N) is 1. The number of hydrogen-bond acceptors (Lipinski definition) is 3. The summed E-state index contributed by atoms with van der Waals surface area (Å²) in [5.74, 6) is -0.790. The summed E-state index contributed by atoms with van der Waals surface area (Å²) in [5.41, 5.74) is 0. The van der Waals surface area contributed by atoms with Gasteiger partial charge in [-0.1, -0.05) is 12.8 Å². The molecule has 0 amide bonds. The molecule has 0 heterocycles. The van der Waals surface area contributed by atoms with E-state index in [1.807, 2.05) is 18.9 Å². The van der Waals surface area contributed by atoms with E-state index in [4.69, 9.17) is 19.8 Å². The summed E-state index contributed by atoms with van der Waals surface area (Å²) in [6.45, 7) is 6.20. The molecule has 1 atom stereocenters. The van der Waals surface area contributed by atoms with E-state index < -0.39 is 11.9 Å². The van der Waals surface area contributed by atoms with Crippen LogP contribution in [0.5, 0.6) is 0 Å². The molecule has 0 aliphatic carbocycles. The van der Waals surface area contributed by atoms with Crippen molar-refractivity contribution in [2.45, 2.75) is 33.2 Å². The zero-order chi connectivity index (χ0) is 12.4. The fraction of sp³-hybridized carbons (Fsp3) is 0.600. The quantitative estimate of drug-likeness (QED) is 0.405. The number of carbonyl (C=O) groups is 2. The Kier molecular flexibility index (Phi) is 9.33. The van der Waals surface area contributed by atoms with Crippen molar-refractivity contribution >= 4 is 11.9 Å². The Morgan fingerprint density at radius 3 is 1.93 bits per heavy atom. The highest BCUT2D eigenvalue weighted by Gasteiger charge is 2.04. The minimum Gasteiger partial charge on any atom is -0.473 e. The Labute approximate surface area is 89.7 Å². The van der Waals surface area contributed by atoms with E-state index >= 15 is 0 Å². The fourth-order valence-corrected chi connectivity index (χ4v) is 0.560. The van der Waals surface area contributed by atoms with E-state index in [0.717, 1.165) is 6.42 Å². The van der Waals surface area contributed by atoms with E-state index in [2.05, 4.69) is 25.8 Å². The van der Waals surface area contributed by atoms with Crippen LogP contribution in [0.15, 0.2) is 0 Å². The smallest absolute Gasteiger partial charge is 0.414 e. The van der Waals surface area contributed by atoms with Crippen molar-refractivity contribution in [3.05, 3.63) is 0 Å². The average molecular weight is 215 g/mol. The minimum absolute atomic E-state index is 0.581. The van der Waals surface area contributed by atoms with Gasteiger partial charge in [-0.3, -0.25) is 0 Å². The normalized spacial score (nSPS) is 9.87. The Morgan fingerprint density at radius 2 is 1.73 bits per heavy atom. The van der Waals surface area contributed by atoms with Gasteiger partial charge in [-0.25, -0.2) is 9.59 Å². The lowest BCUT2D eigenvalue weighted by Gasteiger charge is -2.17. The maximum Gasteiger partial charge on any atom is 0.414 e. The van der Waals surface area contributed by atoms with Crippen molar-refractivity contribution in [2.75, 3.05) is 7.05 Å². The Morgan fingerprint density at radius 1 is 1.33 bits per heavy atom. The third-order valence-corrected chi connectivity index (χ3v) is 1.72. The van der Waals surface area contributed by atoms with Crippen molar-refractivity contribution in [1.82, 2.24) is 4.90 Å². The first kappa shape index (κ1) is 15.8. The highest BCUT2D eigenvalue weighted by molar-refractivity contribution is 6.27. The van der Waals surface area contributed by atoms with Crippen LogP contribution in [0.4, 0.5) is 0 Å². The Hall–Kier alpha value is -1.70. The maximum atomic E-state index is 9.10. The SMILES string of the molecule is CC#CN(C)C(C)CC.O=C(O)C(=O)O. The van der Waals surface area contributed by atoms with Crippen LogP contribution in [-0.4, -0.2) is 40.1 Å². The molecule has 0 aromatic rings. The molecule has 0 bridgehead atoms. The van der Waals surface area contributed by atoms with Crippen LogP contribution in [0, 0.1) is 12.0 Å². The van der Waals surface area contributed by atoms with Crippen LogP contribution in [0.3, 0.4) is 0 Å². The molecular formula is C10H17NO4. The van der Waals surface area contributed by atoms with Gasteiger partial charge in [0.1, 0.15) is 0 Å². The minimum atomic E-state index is -1.82.